The summed E-state index contributed by atoms with van der Waals surface area (Å²) in [7, 11) is 0. The maximum atomic E-state index is 12.3. The van der Waals surface area contributed by atoms with Gasteiger partial charge >= 0.3 is 5.97 Å². The summed E-state index contributed by atoms with van der Waals surface area (Å²) in [6.45, 7) is 2.01. The van der Waals surface area contributed by atoms with Crippen molar-refractivity contribution in [3.63, 3.8) is 0 Å². The lowest BCUT2D eigenvalue weighted by Crippen LogP contribution is -2.13. The number of hydrogen-bond donors (Lipinski definition) is 1. The van der Waals surface area contributed by atoms with Crippen molar-refractivity contribution in [1.82, 2.24) is 0 Å². The van der Waals surface area contributed by atoms with Gasteiger partial charge < -0.3 is 10.1 Å². The second-order valence-electron chi connectivity index (χ2n) is 5.96. The Labute approximate surface area is 159 Å². The van der Waals surface area contributed by atoms with E-state index in [1.54, 1.807) is 19.1 Å². The Morgan fingerprint density at radius 3 is 2.93 bits per heavy atom. The number of ether oxygens (including phenoxy) is 1. The highest BCUT2D eigenvalue weighted by Crippen LogP contribution is 2.39. The van der Waals surface area contributed by atoms with Crippen molar-refractivity contribution in [3.8, 4) is 0 Å². The van der Waals surface area contributed by atoms with E-state index in [2.05, 4.69) is 5.32 Å². The van der Waals surface area contributed by atoms with E-state index in [1.165, 1.54) is 35.6 Å². The van der Waals surface area contributed by atoms with Crippen LogP contribution in [0.2, 0.25) is 0 Å². The molecule has 1 aliphatic rings. The van der Waals surface area contributed by atoms with Crippen molar-refractivity contribution in [2.45, 2.75) is 26.2 Å². The molecular formula is C19H18N2O5S. The molecule has 0 saturated heterocycles. The normalized spacial score (nSPS) is 12.8. The molecule has 1 aliphatic carbocycles. The van der Waals surface area contributed by atoms with Gasteiger partial charge in [-0.05, 0) is 43.4 Å². The number of carbonyl (C=O) groups excluding carboxylic acids is 2. The summed E-state index contributed by atoms with van der Waals surface area (Å²) in [4.78, 5) is 36.0. The molecule has 0 spiro atoms. The number of thiophene rings is 1. The highest BCUT2D eigenvalue weighted by Gasteiger charge is 2.28. The number of anilines is 1. The van der Waals surface area contributed by atoms with Crippen molar-refractivity contribution >= 4 is 40.0 Å². The molecule has 1 aromatic heterocycles. The molecule has 1 heterocycles. The fourth-order valence-corrected chi connectivity index (χ4v) is 4.26. The summed E-state index contributed by atoms with van der Waals surface area (Å²) in [5.74, 6) is -0.832. The number of fused-ring (bicyclic) bond motifs is 1. The van der Waals surface area contributed by atoms with Gasteiger partial charge in [-0.15, -0.1) is 11.3 Å². The van der Waals surface area contributed by atoms with Crippen LogP contribution in [0, 0.1) is 10.1 Å². The van der Waals surface area contributed by atoms with Crippen molar-refractivity contribution < 1.29 is 19.2 Å². The smallest absolute Gasteiger partial charge is 0.341 e. The van der Waals surface area contributed by atoms with Crippen LogP contribution in [0.15, 0.2) is 30.3 Å². The number of nitrogens with one attached hydrogen (secondary N) is 1. The lowest BCUT2D eigenvalue weighted by atomic mass is 10.1. The third-order valence-corrected chi connectivity index (χ3v) is 5.35. The maximum absolute atomic E-state index is 12.3. The van der Waals surface area contributed by atoms with Gasteiger partial charge in [-0.3, -0.25) is 14.9 Å². The van der Waals surface area contributed by atoms with Gasteiger partial charge in [-0.1, -0.05) is 12.1 Å². The zero-order valence-electron chi connectivity index (χ0n) is 14.7. The van der Waals surface area contributed by atoms with Crippen LogP contribution in [0.5, 0.6) is 0 Å². The monoisotopic (exact) mass is 386 g/mol. The molecule has 8 heteroatoms. The first kappa shape index (κ1) is 18.8. The van der Waals surface area contributed by atoms with E-state index in [4.69, 9.17) is 4.74 Å². The van der Waals surface area contributed by atoms with Crippen molar-refractivity contribution in [3.05, 3.63) is 62.0 Å². The van der Waals surface area contributed by atoms with Gasteiger partial charge in [0.2, 0.25) is 5.91 Å². The number of nitrogens with zero attached hydrogens (tertiary/aromatic N) is 1. The molecule has 0 atom stereocenters. The molecule has 0 radical (unpaired) electrons. The number of amides is 1. The molecule has 0 bridgehead atoms. The lowest BCUT2D eigenvalue weighted by Gasteiger charge is -2.06. The van der Waals surface area contributed by atoms with Crippen LogP contribution in [-0.2, 0) is 22.4 Å². The predicted molar refractivity (Wildman–Crippen MR) is 103 cm³/mol. The molecule has 140 valence electrons. The maximum Gasteiger partial charge on any atom is 0.341 e. The van der Waals surface area contributed by atoms with Crippen LogP contribution in [-0.4, -0.2) is 23.4 Å². The average Bonchev–Trinajstić information content (AvgIpc) is 3.21. The number of aryl methyl sites for hydroxylation is 1. The van der Waals surface area contributed by atoms with E-state index >= 15 is 0 Å². The second-order valence-corrected chi connectivity index (χ2v) is 7.06. The minimum atomic E-state index is -0.490. The third-order valence-electron chi connectivity index (χ3n) is 4.15. The van der Waals surface area contributed by atoms with Crippen molar-refractivity contribution in [1.29, 1.82) is 0 Å². The molecule has 0 saturated carbocycles. The standard InChI is InChI=1S/C19H18N2O5S/c1-2-26-19(23)17-14-7-4-8-15(14)27-18(17)20-16(22)10-9-12-5-3-6-13(11-12)21(24)25/h3,5-6,9-11H,2,4,7-8H2,1H3,(H,20,22). The number of rotatable bonds is 6. The van der Waals surface area contributed by atoms with Crippen molar-refractivity contribution in [2.75, 3.05) is 11.9 Å². The number of nitro benzene ring substituents is 1. The zero-order valence-corrected chi connectivity index (χ0v) is 15.5. The minimum Gasteiger partial charge on any atom is -0.462 e. The number of non-ortho nitro benzene ring substituents is 1. The van der Waals surface area contributed by atoms with Gasteiger partial charge in [0.15, 0.2) is 0 Å². The van der Waals surface area contributed by atoms with E-state index in [1.807, 2.05) is 0 Å². The summed E-state index contributed by atoms with van der Waals surface area (Å²) in [5.41, 5.74) is 1.92. The number of carbonyl (C=O) groups is 2. The van der Waals surface area contributed by atoms with Crippen LogP contribution in [0.4, 0.5) is 10.7 Å². The van der Waals surface area contributed by atoms with Gasteiger partial charge in [0.05, 0.1) is 17.1 Å². The first-order valence-corrected chi connectivity index (χ1v) is 9.36. The van der Waals surface area contributed by atoms with Crippen LogP contribution in [0.1, 0.15) is 39.7 Å². The molecule has 0 fully saturated rings. The Balaban J connectivity index is 1.77. The fraction of sp³-hybridized carbons (Fsp3) is 0.263. The Hall–Kier alpha value is -3.00. The molecule has 0 aliphatic heterocycles. The van der Waals surface area contributed by atoms with Gasteiger partial charge in [-0.2, -0.15) is 0 Å². The van der Waals surface area contributed by atoms with Crippen LogP contribution in [0.3, 0.4) is 0 Å². The molecule has 7 nitrogen and oxygen atoms in total. The summed E-state index contributed by atoms with van der Waals surface area (Å²) in [5, 5.41) is 14.1. The fourth-order valence-electron chi connectivity index (χ4n) is 2.98. The van der Waals surface area contributed by atoms with E-state index in [0.29, 0.717) is 16.1 Å². The van der Waals surface area contributed by atoms with Crippen LogP contribution >= 0.6 is 11.3 Å². The Bertz CT molecular complexity index is 932. The minimum absolute atomic E-state index is 0.0446. The number of benzene rings is 1. The van der Waals surface area contributed by atoms with E-state index in [-0.39, 0.29) is 12.3 Å². The van der Waals surface area contributed by atoms with Gasteiger partial charge in [0.1, 0.15) is 5.00 Å². The predicted octanol–water partition coefficient (Wildman–Crippen LogP) is 3.97. The zero-order chi connectivity index (χ0) is 19.4. The molecule has 0 unspecified atom stereocenters. The molecule has 1 N–H and O–H groups in total. The second kappa shape index (κ2) is 8.13. The SMILES string of the molecule is CCOC(=O)c1c(NC(=O)C=Cc2cccc([N+](=O)[O-])c2)sc2c1CCC2. The van der Waals surface area contributed by atoms with Gasteiger partial charge in [-0.25, -0.2) is 4.79 Å². The summed E-state index contributed by atoms with van der Waals surface area (Å²) >= 11 is 1.40. The van der Waals surface area contributed by atoms with Gasteiger partial charge in [0, 0.05) is 23.1 Å². The Morgan fingerprint density at radius 2 is 2.19 bits per heavy atom. The van der Waals surface area contributed by atoms with E-state index in [9.17, 15) is 19.7 Å². The quantitative estimate of drug-likeness (QED) is 0.350. The number of hydrogen-bond acceptors (Lipinski definition) is 6. The Morgan fingerprint density at radius 1 is 1.37 bits per heavy atom. The lowest BCUT2D eigenvalue weighted by molar-refractivity contribution is -0.384. The first-order valence-electron chi connectivity index (χ1n) is 8.54. The number of nitro groups is 1. The molecule has 1 aromatic carbocycles. The Kier molecular flexibility index (Phi) is 5.66. The highest BCUT2D eigenvalue weighted by atomic mass is 32.1. The van der Waals surface area contributed by atoms with Gasteiger partial charge in [0.25, 0.3) is 5.69 Å². The molecule has 27 heavy (non-hydrogen) atoms. The largest absolute Gasteiger partial charge is 0.462 e. The highest BCUT2D eigenvalue weighted by molar-refractivity contribution is 7.17. The molecule has 3 rings (SSSR count). The van der Waals surface area contributed by atoms with Crippen molar-refractivity contribution in [2.24, 2.45) is 0 Å². The third kappa shape index (κ3) is 4.22. The van der Waals surface area contributed by atoms with E-state index in [0.717, 1.165) is 29.7 Å². The van der Waals surface area contributed by atoms with Crippen LogP contribution < -0.4 is 5.32 Å². The summed E-state index contributed by atoms with van der Waals surface area (Å²) in [6, 6.07) is 5.99. The number of esters is 1. The summed E-state index contributed by atoms with van der Waals surface area (Å²) < 4.78 is 5.13. The van der Waals surface area contributed by atoms with E-state index < -0.39 is 16.8 Å². The summed E-state index contributed by atoms with van der Waals surface area (Å²) in [6.07, 6.45) is 5.48. The molecular weight excluding hydrogens is 368 g/mol. The topological polar surface area (TPSA) is 98.5 Å². The first-order chi connectivity index (χ1) is 13.0. The average molecular weight is 386 g/mol. The molecule has 1 amide bonds. The van der Waals surface area contributed by atoms with Crippen LogP contribution in [0.25, 0.3) is 6.08 Å². The molecule has 2 aromatic rings.